The Bertz CT molecular complexity index is 1480. The quantitative estimate of drug-likeness (QED) is 0.398. The number of hydrogen-bond donors (Lipinski definition) is 1. The number of methoxy groups -OCH3 is 2. The van der Waals surface area contributed by atoms with Crippen molar-refractivity contribution in [1.82, 2.24) is 14.5 Å². The van der Waals surface area contributed by atoms with Crippen LogP contribution >= 0.6 is 11.6 Å². The van der Waals surface area contributed by atoms with E-state index in [-0.39, 0.29) is 17.3 Å². The number of benzene rings is 3. The molecule has 11 heteroatoms. The zero-order valence-electron chi connectivity index (χ0n) is 22.1. The molecule has 0 radical (unpaired) electrons. The molecule has 1 fully saturated rings. The molecule has 208 valence electrons. The first-order chi connectivity index (χ1) is 18.6. The topological polar surface area (TPSA) is 105 Å². The number of piperidine rings is 1. The van der Waals surface area contributed by atoms with Crippen molar-refractivity contribution in [3.05, 3.63) is 65.2 Å². The third-order valence-electron chi connectivity index (χ3n) is 6.85. The predicted molar refractivity (Wildman–Crippen MR) is 150 cm³/mol. The molecule has 0 saturated carbocycles. The summed E-state index contributed by atoms with van der Waals surface area (Å²) in [6.45, 7) is 0.721. The lowest BCUT2D eigenvalue weighted by molar-refractivity contribution is -0.142. The Balaban J connectivity index is 1.36. The first-order valence-corrected chi connectivity index (χ1v) is 14.4. The Kier molecular flexibility index (Phi) is 8.99. The second-order valence-corrected chi connectivity index (χ2v) is 11.6. The molecule has 0 aliphatic carbocycles. The van der Waals surface area contributed by atoms with Gasteiger partial charge in [0.25, 0.3) is 0 Å². The molecule has 1 unspecified atom stereocenters. The zero-order chi connectivity index (χ0) is 28.2. The summed E-state index contributed by atoms with van der Waals surface area (Å²) in [6.07, 6.45) is 1.54. The molecule has 0 spiro atoms. The molecular weight excluding hydrogens is 542 g/mol. The van der Waals surface area contributed by atoms with Crippen molar-refractivity contribution in [2.24, 2.45) is 0 Å². The maximum atomic E-state index is 13.1. The average Bonchev–Trinajstić information content (AvgIpc) is 2.93. The highest BCUT2D eigenvalue weighted by molar-refractivity contribution is 7.89. The number of ether oxygens (including phenoxy) is 2. The van der Waals surface area contributed by atoms with Crippen molar-refractivity contribution in [1.29, 1.82) is 0 Å². The molecular formula is C28H32ClN3O6S. The number of nitrogens with one attached hydrogen (secondary N) is 1. The second-order valence-electron chi connectivity index (χ2n) is 9.48. The van der Waals surface area contributed by atoms with Crippen LogP contribution in [-0.2, 0) is 26.0 Å². The van der Waals surface area contributed by atoms with E-state index < -0.39 is 22.0 Å². The van der Waals surface area contributed by atoms with Crippen molar-refractivity contribution in [2.75, 3.05) is 40.9 Å². The molecule has 0 bridgehead atoms. The molecule has 2 amide bonds. The van der Waals surface area contributed by atoms with Gasteiger partial charge in [0.05, 0.1) is 25.7 Å². The molecule has 1 N–H and O–H groups in total. The number of sulfonamides is 1. The van der Waals surface area contributed by atoms with E-state index in [0.717, 1.165) is 16.3 Å². The lowest BCUT2D eigenvalue weighted by Crippen LogP contribution is -2.54. The van der Waals surface area contributed by atoms with E-state index in [1.165, 1.54) is 11.0 Å². The molecule has 3 aromatic rings. The fraction of sp³-hybridized carbons (Fsp3) is 0.357. The number of likely N-dealkylation sites (tertiary alicyclic amines) is 1. The van der Waals surface area contributed by atoms with Gasteiger partial charge >= 0.3 is 0 Å². The van der Waals surface area contributed by atoms with Crippen LogP contribution in [0.2, 0.25) is 5.02 Å². The van der Waals surface area contributed by atoms with Gasteiger partial charge in [-0.3, -0.25) is 9.59 Å². The summed E-state index contributed by atoms with van der Waals surface area (Å²) in [5.74, 6) is 0.619. The maximum Gasteiger partial charge on any atom is 0.241 e. The van der Waals surface area contributed by atoms with Gasteiger partial charge in [-0.05, 0) is 72.0 Å². The van der Waals surface area contributed by atoms with E-state index >= 15 is 0 Å². The summed E-state index contributed by atoms with van der Waals surface area (Å²) in [7, 11) is 0.866. The fourth-order valence-electron chi connectivity index (χ4n) is 4.57. The lowest BCUT2D eigenvalue weighted by atomic mass is 10.1. The highest BCUT2D eigenvalue weighted by atomic mass is 35.5. The Hall–Kier alpha value is -3.34. The number of amides is 2. The average molecular weight is 574 g/mol. The Morgan fingerprint density at radius 3 is 2.51 bits per heavy atom. The van der Waals surface area contributed by atoms with Crippen LogP contribution in [0.5, 0.6) is 11.5 Å². The Labute approximate surface area is 233 Å². The van der Waals surface area contributed by atoms with Gasteiger partial charge in [0.15, 0.2) is 11.5 Å². The number of hydrogen-bond acceptors (Lipinski definition) is 6. The number of fused-ring (bicyclic) bond motifs is 1. The molecule has 1 atom stereocenters. The van der Waals surface area contributed by atoms with Gasteiger partial charge in [0.2, 0.25) is 21.8 Å². The summed E-state index contributed by atoms with van der Waals surface area (Å²) in [4.78, 5) is 29.1. The number of nitrogens with zero attached hydrogens (tertiary/aromatic N) is 2. The van der Waals surface area contributed by atoms with E-state index in [0.29, 0.717) is 48.9 Å². The largest absolute Gasteiger partial charge is 0.493 e. The van der Waals surface area contributed by atoms with Crippen molar-refractivity contribution in [3.8, 4) is 11.5 Å². The van der Waals surface area contributed by atoms with Gasteiger partial charge < -0.3 is 19.3 Å². The molecule has 1 heterocycles. The van der Waals surface area contributed by atoms with Crippen molar-refractivity contribution in [2.45, 2.75) is 30.2 Å². The molecule has 4 rings (SSSR count). The molecule has 1 aliphatic rings. The van der Waals surface area contributed by atoms with Crippen LogP contribution in [0, 0.1) is 0 Å². The number of likely N-dealkylation sites (N-methyl/N-ethyl adjacent to an activating group) is 1. The van der Waals surface area contributed by atoms with Gasteiger partial charge in [-0.2, -0.15) is 4.72 Å². The highest BCUT2D eigenvalue weighted by Crippen LogP contribution is 2.28. The van der Waals surface area contributed by atoms with Crippen LogP contribution in [-0.4, -0.2) is 77.0 Å². The van der Waals surface area contributed by atoms with Crippen LogP contribution in [0.3, 0.4) is 0 Å². The lowest BCUT2D eigenvalue weighted by Gasteiger charge is -2.33. The molecule has 39 heavy (non-hydrogen) atoms. The molecule has 1 aliphatic heterocycles. The second kappa shape index (κ2) is 12.2. The third kappa shape index (κ3) is 6.81. The fourth-order valence-corrected chi connectivity index (χ4v) is 6.00. The van der Waals surface area contributed by atoms with Crippen LogP contribution in [0.1, 0.15) is 18.4 Å². The van der Waals surface area contributed by atoms with Gasteiger partial charge in [0.1, 0.15) is 6.04 Å². The number of halogens is 1. The van der Waals surface area contributed by atoms with E-state index in [4.69, 9.17) is 21.1 Å². The van der Waals surface area contributed by atoms with Crippen LogP contribution in [0.4, 0.5) is 0 Å². The monoisotopic (exact) mass is 573 g/mol. The number of carbonyl (C=O) groups is 2. The molecule has 1 saturated heterocycles. The highest BCUT2D eigenvalue weighted by Gasteiger charge is 2.33. The number of carbonyl (C=O) groups excluding carboxylic acids is 2. The van der Waals surface area contributed by atoms with Gasteiger partial charge in [-0.1, -0.05) is 29.8 Å². The van der Waals surface area contributed by atoms with Crippen molar-refractivity contribution in [3.63, 3.8) is 0 Å². The summed E-state index contributed by atoms with van der Waals surface area (Å²) in [5, 5.41) is 2.10. The van der Waals surface area contributed by atoms with Crippen molar-refractivity contribution >= 4 is 44.2 Å². The summed E-state index contributed by atoms with van der Waals surface area (Å²) < 4.78 is 39.3. The molecule has 9 nitrogen and oxygen atoms in total. The van der Waals surface area contributed by atoms with Crippen molar-refractivity contribution < 1.29 is 27.5 Å². The SMILES string of the molecule is COc1ccc(CCN(C)C(=O)CN2CCCC(NS(=O)(=O)c3ccc4cc(Cl)ccc4c3)C2=O)cc1OC. The predicted octanol–water partition coefficient (Wildman–Crippen LogP) is 3.48. The Morgan fingerprint density at radius 1 is 1.05 bits per heavy atom. The normalized spacial score (nSPS) is 15.8. The van der Waals surface area contributed by atoms with Crippen LogP contribution in [0.25, 0.3) is 10.8 Å². The van der Waals surface area contributed by atoms with Gasteiger partial charge in [0, 0.05) is 25.2 Å². The van der Waals surface area contributed by atoms with E-state index in [2.05, 4.69) is 4.72 Å². The zero-order valence-corrected chi connectivity index (χ0v) is 23.7. The van der Waals surface area contributed by atoms with Gasteiger partial charge in [-0.25, -0.2) is 8.42 Å². The Morgan fingerprint density at radius 2 is 1.77 bits per heavy atom. The minimum Gasteiger partial charge on any atom is -0.493 e. The number of rotatable bonds is 10. The molecule has 0 aromatic heterocycles. The van der Waals surface area contributed by atoms with Crippen LogP contribution < -0.4 is 14.2 Å². The first kappa shape index (κ1) is 28.7. The summed E-state index contributed by atoms with van der Waals surface area (Å²) in [5.41, 5.74) is 0.979. The van der Waals surface area contributed by atoms with E-state index in [1.54, 1.807) is 56.5 Å². The molecule has 3 aromatic carbocycles. The first-order valence-electron chi connectivity index (χ1n) is 12.6. The summed E-state index contributed by atoms with van der Waals surface area (Å²) >= 11 is 6.02. The standard InChI is InChI=1S/C28H32ClN3O6S/c1-31(14-12-19-6-11-25(37-2)26(15-19)38-3)27(33)18-32-13-4-5-24(28(32)34)30-39(35,36)23-10-8-20-16-22(29)9-7-21(20)17-23/h6-11,15-17,24,30H,4-5,12-14,18H2,1-3H3. The minimum atomic E-state index is -3.96. The summed E-state index contributed by atoms with van der Waals surface area (Å²) in [6, 6.07) is 14.6. The van der Waals surface area contributed by atoms with E-state index in [9.17, 15) is 18.0 Å². The van der Waals surface area contributed by atoms with Gasteiger partial charge in [-0.15, -0.1) is 0 Å². The van der Waals surface area contributed by atoms with Crippen LogP contribution in [0.15, 0.2) is 59.5 Å². The maximum absolute atomic E-state index is 13.1. The third-order valence-corrected chi connectivity index (χ3v) is 8.55. The minimum absolute atomic E-state index is 0.0632. The smallest absolute Gasteiger partial charge is 0.241 e. The van der Waals surface area contributed by atoms with E-state index in [1.807, 2.05) is 18.2 Å².